The average molecular weight is 316 g/mol. The summed E-state index contributed by atoms with van der Waals surface area (Å²) in [6.07, 6.45) is 2.59. The Morgan fingerprint density at radius 3 is 2.80 bits per heavy atom. The highest BCUT2D eigenvalue weighted by Gasteiger charge is 2.21. The maximum atomic E-state index is 12.1. The van der Waals surface area contributed by atoms with E-state index in [0.717, 1.165) is 19.1 Å². The first kappa shape index (κ1) is 15.8. The number of Topliss-reactive ketones (excluding diaryl/α,β-unsaturated/α-hetero) is 1. The summed E-state index contributed by atoms with van der Waals surface area (Å²) in [6.45, 7) is 2.58. The van der Waals surface area contributed by atoms with Crippen LogP contribution in [0.5, 0.6) is 0 Å². The molecular formula is C15H19Cl2NO2. The summed E-state index contributed by atoms with van der Waals surface area (Å²) in [5, 5.41) is 0.939. The highest BCUT2D eigenvalue weighted by atomic mass is 35.5. The molecule has 1 saturated carbocycles. The van der Waals surface area contributed by atoms with Crippen molar-refractivity contribution in [3.8, 4) is 0 Å². The van der Waals surface area contributed by atoms with E-state index in [1.807, 2.05) is 11.9 Å². The lowest BCUT2D eigenvalue weighted by Gasteiger charge is -2.16. The van der Waals surface area contributed by atoms with Gasteiger partial charge in [0.2, 0.25) is 0 Å². The summed E-state index contributed by atoms with van der Waals surface area (Å²) in [6, 6.07) is 4.94. The van der Waals surface area contributed by atoms with Gasteiger partial charge in [-0.05, 0) is 44.0 Å². The van der Waals surface area contributed by atoms with Crippen LogP contribution in [0, 0.1) is 5.92 Å². The molecule has 0 radical (unpaired) electrons. The summed E-state index contributed by atoms with van der Waals surface area (Å²) in [5.41, 5.74) is 0.516. The van der Waals surface area contributed by atoms with Crippen molar-refractivity contribution in [1.29, 1.82) is 0 Å². The second-order valence-electron chi connectivity index (χ2n) is 5.30. The molecule has 20 heavy (non-hydrogen) atoms. The minimum atomic E-state index is -0.00337. The molecule has 0 aromatic heterocycles. The molecule has 1 aliphatic carbocycles. The third kappa shape index (κ3) is 5.06. The first-order chi connectivity index (χ1) is 9.56. The summed E-state index contributed by atoms with van der Waals surface area (Å²) >= 11 is 11.8. The number of benzene rings is 1. The van der Waals surface area contributed by atoms with E-state index >= 15 is 0 Å². The van der Waals surface area contributed by atoms with Gasteiger partial charge in [-0.2, -0.15) is 0 Å². The number of nitrogens with zero attached hydrogens (tertiary/aromatic N) is 1. The van der Waals surface area contributed by atoms with Crippen LogP contribution < -0.4 is 0 Å². The van der Waals surface area contributed by atoms with Gasteiger partial charge in [0, 0.05) is 23.7 Å². The largest absolute Gasteiger partial charge is 0.380 e. The lowest BCUT2D eigenvalue weighted by Crippen LogP contribution is -2.29. The van der Waals surface area contributed by atoms with Crippen molar-refractivity contribution < 1.29 is 9.53 Å². The van der Waals surface area contributed by atoms with Crippen molar-refractivity contribution in [2.45, 2.75) is 12.8 Å². The van der Waals surface area contributed by atoms with Crippen molar-refractivity contribution >= 4 is 29.0 Å². The predicted octanol–water partition coefficient (Wildman–Crippen LogP) is 3.53. The smallest absolute Gasteiger partial charge is 0.178 e. The predicted molar refractivity (Wildman–Crippen MR) is 81.8 cm³/mol. The fraction of sp³-hybridized carbons (Fsp3) is 0.533. The Morgan fingerprint density at radius 2 is 2.15 bits per heavy atom. The van der Waals surface area contributed by atoms with Crippen molar-refractivity contribution in [3.05, 3.63) is 33.8 Å². The second kappa shape index (κ2) is 7.41. The molecule has 0 N–H and O–H groups in total. The summed E-state index contributed by atoms with van der Waals surface area (Å²) < 4.78 is 5.56. The Kier molecular flexibility index (Phi) is 5.85. The van der Waals surface area contributed by atoms with Gasteiger partial charge < -0.3 is 4.74 Å². The van der Waals surface area contributed by atoms with Gasteiger partial charge in [0.25, 0.3) is 0 Å². The minimum Gasteiger partial charge on any atom is -0.380 e. The van der Waals surface area contributed by atoms with Crippen LogP contribution in [0.15, 0.2) is 18.2 Å². The van der Waals surface area contributed by atoms with Gasteiger partial charge in [-0.25, -0.2) is 0 Å². The Hall–Kier alpha value is -0.610. The number of hydrogen-bond donors (Lipinski definition) is 0. The van der Waals surface area contributed by atoms with Gasteiger partial charge in [-0.15, -0.1) is 0 Å². The van der Waals surface area contributed by atoms with Crippen LogP contribution in [0.4, 0.5) is 0 Å². The number of ketones is 1. The fourth-order valence-electron chi connectivity index (χ4n) is 1.88. The molecule has 0 aliphatic heterocycles. The van der Waals surface area contributed by atoms with E-state index in [9.17, 15) is 4.79 Å². The average Bonchev–Trinajstić information content (AvgIpc) is 3.18. The molecule has 1 aliphatic rings. The van der Waals surface area contributed by atoms with E-state index in [2.05, 4.69) is 0 Å². The number of carbonyl (C=O) groups excluding carboxylic acids is 1. The van der Waals surface area contributed by atoms with E-state index in [0.29, 0.717) is 28.8 Å². The number of ether oxygens (including phenoxy) is 1. The minimum absolute atomic E-state index is 0.00337. The lowest BCUT2D eigenvalue weighted by atomic mass is 10.1. The Morgan fingerprint density at radius 1 is 1.40 bits per heavy atom. The molecule has 1 aromatic carbocycles. The van der Waals surface area contributed by atoms with Crippen LogP contribution in [-0.2, 0) is 4.74 Å². The van der Waals surface area contributed by atoms with Crippen molar-refractivity contribution in [1.82, 2.24) is 4.90 Å². The number of rotatable bonds is 8. The lowest BCUT2D eigenvalue weighted by molar-refractivity contribution is 0.0861. The molecule has 1 fully saturated rings. The Labute approximate surface area is 129 Å². The van der Waals surface area contributed by atoms with E-state index in [1.54, 1.807) is 18.2 Å². The molecule has 0 bridgehead atoms. The normalized spacial score (nSPS) is 14.8. The van der Waals surface area contributed by atoms with Gasteiger partial charge in [-0.1, -0.05) is 23.2 Å². The Bertz CT molecular complexity index is 475. The molecule has 0 atom stereocenters. The molecule has 0 heterocycles. The van der Waals surface area contributed by atoms with E-state index in [1.165, 1.54) is 12.8 Å². The van der Waals surface area contributed by atoms with Crippen LogP contribution in [0.3, 0.4) is 0 Å². The van der Waals surface area contributed by atoms with Crippen molar-refractivity contribution in [3.63, 3.8) is 0 Å². The number of hydrogen-bond acceptors (Lipinski definition) is 3. The van der Waals surface area contributed by atoms with Gasteiger partial charge in [0.05, 0.1) is 18.2 Å². The van der Waals surface area contributed by atoms with Crippen LogP contribution in [-0.4, -0.2) is 44.0 Å². The van der Waals surface area contributed by atoms with E-state index < -0.39 is 0 Å². The molecule has 5 heteroatoms. The highest BCUT2D eigenvalue weighted by molar-refractivity contribution is 6.36. The highest BCUT2D eigenvalue weighted by Crippen LogP contribution is 2.28. The molecule has 0 unspecified atom stereocenters. The molecule has 3 nitrogen and oxygen atoms in total. The van der Waals surface area contributed by atoms with Crippen LogP contribution >= 0.6 is 23.2 Å². The van der Waals surface area contributed by atoms with Crippen molar-refractivity contribution in [2.24, 2.45) is 5.92 Å². The van der Waals surface area contributed by atoms with Crippen molar-refractivity contribution in [2.75, 3.05) is 33.4 Å². The van der Waals surface area contributed by atoms with Crippen LogP contribution in [0.1, 0.15) is 23.2 Å². The van der Waals surface area contributed by atoms with E-state index in [-0.39, 0.29) is 5.78 Å². The molecule has 2 rings (SSSR count). The van der Waals surface area contributed by atoms with Crippen LogP contribution in [0.2, 0.25) is 10.0 Å². The number of halogens is 2. The first-order valence-corrected chi connectivity index (χ1v) is 7.56. The molecule has 0 amide bonds. The SMILES string of the molecule is CN(CCOCC1CC1)CC(=O)c1ccc(Cl)cc1Cl. The molecule has 0 saturated heterocycles. The van der Waals surface area contributed by atoms with Crippen LogP contribution in [0.25, 0.3) is 0 Å². The third-order valence-electron chi connectivity index (χ3n) is 3.31. The fourth-order valence-corrected chi connectivity index (χ4v) is 2.39. The zero-order valence-corrected chi connectivity index (χ0v) is 13.1. The zero-order valence-electron chi connectivity index (χ0n) is 11.6. The van der Waals surface area contributed by atoms with Gasteiger partial charge in [0.1, 0.15) is 0 Å². The zero-order chi connectivity index (χ0) is 14.5. The van der Waals surface area contributed by atoms with Gasteiger partial charge in [0.15, 0.2) is 5.78 Å². The summed E-state index contributed by atoms with van der Waals surface area (Å²) in [7, 11) is 1.90. The monoisotopic (exact) mass is 315 g/mol. The second-order valence-corrected chi connectivity index (χ2v) is 6.15. The summed E-state index contributed by atoms with van der Waals surface area (Å²) in [5.74, 6) is 0.770. The summed E-state index contributed by atoms with van der Waals surface area (Å²) in [4.78, 5) is 14.1. The third-order valence-corrected chi connectivity index (χ3v) is 3.86. The van der Waals surface area contributed by atoms with Gasteiger partial charge in [-0.3, -0.25) is 9.69 Å². The standard InChI is InChI=1S/C15H19Cl2NO2/c1-18(6-7-20-10-11-2-3-11)9-15(19)13-5-4-12(16)8-14(13)17/h4-5,8,11H,2-3,6-7,9-10H2,1H3. The molecule has 110 valence electrons. The van der Waals surface area contributed by atoms with Gasteiger partial charge >= 0.3 is 0 Å². The first-order valence-electron chi connectivity index (χ1n) is 6.81. The number of likely N-dealkylation sites (N-methyl/N-ethyl adjacent to an activating group) is 1. The Balaban J connectivity index is 1.74. The number of carbonyl (C=O) groups is 1. The van der Waals surface area contributed by atoms with E-state index in [4.69, 9.17) is 27.9 Å². The molecule has 1 aromatic rings. The quantitative estimate of drug-likeness (QED) is 0.543. The maximum absolute atomic E-state index is 12.1. The molecule has 0 spiro atoms. The topological polar surface area (TPSA) is 29.5 Å². The molecular weight excluding hydrogens is 297 g/mol. The maximum Gasteiger partial charge on any atom is 0.178 e.